The van der Waals surface area contributed by atoms with Gasteiger partial charge in [0.1, 0.15) is 0 Å². The van der Waals surface area contributed by atoms with E-state index in [1.165, 1.54) is 0 Å². The van der Waals surface area contributed by atoms with Crippen LogP contribution in [0.2, 0.25) is 0 Å². The lowest BCUT2D eigenvalue weighted by molar-refractivity contribution is -0.121. The smallest absolute Gasteiger partial charge is 0.275 e. The molecule has 1 aliphatic heterocycles. The van der Waals surface area contributed by atoms with Crippen molar-refractivity contribution in [3.8, 4) is 0 Å². The molecule has 2 aromatic rings. The Kier molecular flexibility index (Phi) is 4.07. The first-order chi connectivity index (χ1) is 11.0. The van der Waals surface area contributed by atoms with E-state index < -0.39 is 0 Å². The van der Waals surface area contributed by atoms with Crippen LogP contribution < -0.4 is 5.32 Å². The number of rotatable bonds is 3. The Balaban J connectivity index is 1.82. The molecule has 0 aliphatic carbocycles. The van der Waals surface area contributed by atoms with E-state index in [1.807, 2.05) is 38.2 Å². The second kappa shape index (κ2) is 6.02. The molecule has 1 aromatic heterocycles. The summed E-state index contributed by atoms with van der Waals surface area (Å²) in [5.74, 6) is 0.200. The molecule has 2 amide bonds. The van der Waals surface area contributed by atoms with Crippen molar-refractivity contribution in [1.82, 2.24) is 20.0 Å². The van der Waals surface area contributed by atoms with Gasteiger partial charge in [-0.1, -0.05) is 32.0 Å². The number of aromatic nitrogens is 2. The van der Waals surface area contributed by atoms with Gasteiger partial charge in [0.05, 0.1) is 11.6 Å². The van der Waals surface area contributed by atoms with Crippen LogP contribution in [0.5, 0.6) is 0 Å². The number of hydrogen-bond donors (Lipinski definition) is 1. The first-order valence-electron chi connectivity index (χ1n) is 8.01. The Bertz CT molecular complexity index is 752. The van der Waals surface area contributed by atoms with Gasteiger partial charge in [0.15, 0.2) is 5.69 Å². The molecule has 6 nitrogen and oxygen atoms in total. The zero-order chi connectivity index (χ0) is 16.6. The first kappa shape index (κ1) is 15.5. The summed E-state index contributed by atoms with van der Waals surface area (Å²) < 4.78 is 1.73. The Morgan fingerprint density at radius 3 is 2.78 bits per heavy atom. The average molecular weight is 314 g/mol. The van der Waals surface area contributed by atoms with Crippen LogP contribution >= 0.6 is 0 Å². The molecule has 3 rings (SSSR count). The van der Waals surface area contributed by atoms with Crippen molar-refractivity contribution in [3.05, 3.63) is 30.0 Å². The topological polar surface area (TPSA) is 67.2 Å². The van der Waals surface area contributed by atoms with E-state index >= 15 is 0 Å². The molecule has 23 heavy (non-hydrogen) atoms. The summed E-state index contributed by atoms with van der Waals surface area (Å²) in [5, 5.41) is 8.27. The van der Waals surface area contributed by atoms with Gasteiger partial charge >= 0.3 is 0 Å². The number of nitrogens with one attached hydrogen (secondary N) is 1. The van der Waals surface area contributed by atoms with E-state index in [1.54, 1.807) is 9.58 Å². The van der Waals surface area contributed by atoms with Crippen molar-refractivity contribution >= 4 is 22.7 Å². The molecule has 0 bridgehead atoms. The molecular weight excluding hydrogens is 292 g/mol. The monoisotopic (exact) mass is 314 g/mol. The number of fused-ring (bicyclic) bond motifs is 1. The summed E-state index contributed by atoms with van der Waals surface area (Å²) in [6.45, 7) is 5.07. The maximum Gasteiger partial charge on any atom is 0.275 e. The minimum Gasteiger partial charge on any atom is -0.351 e. The van der Waals surface area contributed by atoms with Crippen molar-refractivity contribution in [2.75, 3.05) is 13.1 Å². The number of aryl methyl sites for hydroxylation is 1. The molecule has 1 saturated heterocycles. The van der Waals surface area contributed by atoms with Gasteiger partial charge in [-0.3, -0.25) is 14.3 Å². The SMILES string of the molecule is CCC(=O)N[C@H]1CN(C(=O)c2nn(C)c3ccccc23)C[C@H]1C. The van der Waals surface area contributed by atoms with E-state index in [4.69, 9.17) is 0 Å². The van der Waals surface area contributed by atoms with Crippen molar-refractivity contribution in [2.45, 2.75) is 26.3 Å². The fourth-order valence-corrected chi connectivity index (χ4v) is 3.15. The highest BCUT2D eigenvalue weighted by Crippen LogP contribution is 2.23. The number of benzene rings is 1. The third-order valence-electron chi connectivity index (χ3n) is 4.53. The predicted octanol–water partition coefficient (Wildman–Crippen LogP) is 1.56. The second-order valence-corrected chi connectivity index (χ2v) is 6.20. The zero-order valence-corrected chi connectivity index (χ0v) is 13.7. The van der Waals surface area contributed by atoms with E-state index in [9.17, 15) is 9.59 Å². The maximum atomic E-state index is 12.9. The first-order valence-corrected chi connectivity index (χ1v) is 8.01. The summed E-state index contributed by atoms with van der Waals surface area (Å²) in [5.41, 5.74) is 1.43. The molecule has 122 valence electrons. The van der Waals surface area contributed by atoms with Crippen LogP contribution in [0.1, 0.15) is 30.8 Å². The molecule has 1 N–H and O–H groups in total. The van der Waals surface area contributed by atoms with Gasteiger partial charge in [0.25, 0.3) is 5.91 Å². The third kappa shape index (κ3) is 2.81. The van der Waals surface area contributed by atoms with E-state index in [0.717, 1.165) is 10.9 Å². The quantitative estimate of drug-likeness (QED) is 0.935. The lowest BCUT2D eigenvalue weighted by Crippen LogP contribution is -2.40. The molecule has 1 aliphatic rings. The lowest BCUT2D eigenvalue weighted by atomic mass is 10.1. The highest BCUT2D eigenvalue weighted by Gasteiger charge is 2.35. The van der Waals surface area contributed by atoms with Gasteiger partial charge in [0.2, 0.25) is 5.91 Å². The molecule has 1 aromatic carbocycles. The number of amides is 2. The van der Waals surface area contributed by atoms with Crippen LogP contribution in [0.15, 0.2) is 24.3 Å². The minimum absolute atomic E-state index is 0.0152. The highest BCUT2D eigenvalue weighted by atomic mass is 16.2. The molecule has 2 heterocycles. The van der Waals surface area contributed by atoms with Crippen molar-refractivity contribution in [3.63, 3.8) is 0 Å². The zero-order valence-electron chi connectivity index (χ0n) is 13.7. The molecule has 1 fully saturated rings. The second-order valence-electron chi connectivity index (χ2n) is 6.20. The van der Waals surface area contributed by atoms with Gasteiger partial charge < -0.3 is 10.2 Å². The van der Waals surface area contributed by atoms with Gasteiger partial charge in [0, 0.05) is 31.9 Å². The number of carbonyl (C=O) groups is 2. The third-order valence-corrected chi connectivity index (χ3v) is 4.53. The van der Waals surface area contributed by atoms with Crippen LogP contribution in [-0.4, -0.2) is 45.6 Å². The molecular formula is C17H22N4O2. The molecule has 2 atom stereocenters. The van der Waals surface area contributed by atoms with Gasteiger partial charge in [-0.05, 0) is 12.0 Å². The Hall–Kier alpha value is -2.37. The number of nitrogens with zero attached hydrogens (tertiary/aromatic N) is 3. The van der Waals surface area contributed by atoms with Gasteiger partial charge in [-0.2, -0.15) is 5.10 Å². The summed E-state index contributed by atoms with van der Waals surface area (Å²) >= 11 is 0. The molecule has 0 saturated carbocycles. The fourth-order valence-electron chi connectivity index (χ4n) is 3.15. The molecule has 0 spiro atoms. The van der Waals surface area contributed by atoms with E-state index in [0.29, 0.717) is 25.2 Å². The Morgan fingerprint density at radius 1 is 1.30 bits per heavy atom. The minimum atomic E-state index is -0.0677. The number of likely N-dealkylation sites (tertiary alicyclic amines) is 1. The average Bonchev–Trinajstić information content (AvgIpc) is 3.08. The van der Waals surface area contributed by atoms with Crippen LogP contribution in [0.3, 0.4) is 0 Å². The summed E-state index contributed by atoms with van der Waals surface area (Å²) in [6.07, 6.45) is 0.460. The van der Waals surface area contributed by atoms with Crippen LogP contribution in [0.4, 0.5) is 0 Å². The molecule has 0 radical (unpaired) electrons. The van der Waals surface area contributed by atoms with Crippen LogP contribution in [-0.2, 0) is 11.8 Å². The Morgan fingerprint density at radius 2 is 2.04 bits per heavy atom. The molecule has 0 unspecified atom stereocenters. The maximum absolute atomic E-state index is 12.9. The number of para-hydroxylation sites is 1. The van der Waals surface area contributed by atoms with Gasteiger partial charge in [-0.15, -0.1) is 0 Å². The predicted molar refractivity (Wildman–Crippen MR) is 88.0 cm³/mol. The normalized spacial score (nSPS) is 20.9. The summed E-state index contributed by atoms with van der Waals surface area (Å²) in [7, 11) is 1.84. The van der Waals surface area contributed by atoms with Crippen molar-refractivity contribution in [2.24, 2.45) is 13.0 Å². The van der Waals surface area contributed by atoms with Crippen LogP contribution in [0.25, 0.3) is 10.9 Å². The summed E-state index contributed by atoms with van der Waals surface area (Å²) in [4.78, 5) is 26.3. The lowest BCUT2D eigenvalue weighted by Gasteiger charge is -2.16. The number of carbonyl (C=O) groups excluding carboxylic acids is 2. The fraction of sp³-hybridized carbons (Fsp3) is 0.471. The van der Waals surface area contributed by atoms with Crippen molar-refractivity contribution < 1.29 is 9.59 Å². The summed E-state index contributed by atoms with van der Waals surface area (Å²) in [6, 6.07) is 7.74. The van der Waals surface area contributed by atoms with Crippen LogP contribution in [0, 0.1) is 5.92 Å². The number of hydrogen-bond acceptors (Lipinski definition) is 3. The van der Waals surface area contributed by atoms with E-state index in [-0.39, 0.29) is 23.8 Å². The standard InChI is InChI=1S/C17H22N4O2/c1-4-15(22)18-13-10-21(9-11(13)2)17(23)16-12-7-5-6-8-14(12)20(3)19-16/h5-8,11,13H,4,9-10H2,1-3H3,(H,18,22)/t11-,13+/m1/s1. The highest BCUT2D eigenvalue weighted by molar-refractivity contribution is 6.05. The Labute approximate surface area is 135 Å². The van der Waals surface area contributed by atoms with E-state index in [2.05, 4.69) is 17.3 Å². The molecule has 6 heteroatoms. The largest absolute Gasteiger partial charge is 0.351 e. The van der Waals surface area contributed by atoms with Gasteiger partial charge in [-0.25, -0.2) is 0 Å². The van der Waals surface area contributed by atoms with Crippen molar-refractivity contribution in [1.29, 1.82) is 0 Å².